The lowest BCUT2D eigenvalue weighted by Crippen LogP contribution is -2.58. The molecule has 0 aromatic heterocycles. The normalized spacial score (nSPS) is 26.9. The molecule has 5 nitrogen and oxygen atoms in total. The lowest BCUT2D eigenvalue weighted by atomic mass is 10.1. The first kappa shape index (κ1) is 15.5. The van der Waals surface area contributed by atoms with E-state index >= 15 is 0 Å². The fraction of sp³-hybridized carbons (Fsp3) is 0.588. The van der Waals surface area contributed by atoms with Crippen molar-refractivity contribution in [1.82, 2.24) is 15.1 Å². The van der Waals surface area contributed by atoms with Gasteiger partial charge in [0.1, 0.15) is 6.10 Å². The van der Waals surface area contributed by atoms with E-state index in [0.717, 1.165) is 32.7 Å². The molecule has 2 heterocycles. The molecule has 2 aliphatic heterocycles. The van der Waals surface area contributed by atoms with Crippen LogP contribution in [-0.2, 0) is 16.1 Å². The van der Waals surface area contributed by atoms with Crippen LogP contribution in [-0.4, -0.2) is 67.2 Å². The van der Waals surface area contributed by atoms with Gasteiger partial charge in [-0.25, -0.2) is 0 Å². The number of nitrogens with one attached hydrogen (secondary N) is 1. The highest BCUT2D eigenvalue weighted by atomic mass is 16.5. The molecule has 22 heavy (non-hydrogen) atoms. The molecule has 1 aromatic carbocycles. The van der Waals surface area contributed by atoms with Crippen molar-refractivity contribution >= 4 is 5.91 Å². The van der Waals surface area contributed by atoms with E-state index in [2.05, 4.69) is 41.4 Å². The second-order valence-electron chi connectivity index (χ2n) is 6.16. The lowest BCUT2D eigenvalue weighted by molar-refractivity contribution is -0.152. The number of benzene rings is 1. The fourth-order valence-electron chi connectivity index (χ4n) is 3.19. The first-order valence-electron chi connectivity index (χ1n) is 8.13. The minimum absolute atomic E-state index is 0.145. The van der Waals surface area contributed by atoms with Crippen LogP contribution in [0.1, 0.15) is 12.5 Å². The summed E-state index contributed by atoms with van der Waals surface area (Å²) in [4.78, 5) is 17.0. The van der Waals surface area contributed by atoms with E-state index in [4.69, 9.17) is 4.74 Å². The summed E-state index contributed by atoms with van der Waals surface area (Å²) in [5, 5.41) is 3.32. The van der Waals surface area contributed by atoms with E-state index in [1.54, 1.807) is 0 Å². The summed E-state index contributed by atoms with van der Waals surface area (Å²) in [6.45, 7) is 7.69. The van der Waals surface area contributed by atoms with Crippen LogP contribution >= 0.6 is 0 Å². The maximum absolute atomic E-state index is 12.7. The van der Waals surface area contributed by atoms with E-state index < -0.39 is 0 Å². The average molecular weight is 303 g/mol. The van der Waals surface area contributed by atoms with Crippen LogP contribution < -0.4 is 5.32 Å². The molecule has 2 fully saturated rings. The summed E-state index contributed by atoms with van der Waals surface area (Å²) in [7, 11) is 0. The quantitative estimate of drug-likeness (QED) is 0.893. The van der Waals surface area contributed by atoms with Gasteiger partial charge >= 0.3 is 0 Å². The monoisotopic (exact) mass is 303 g/mol. The molecule has 0 radical (unpaired) electrons. The van der Waals surface area contributed by atoms with Crippen molar-refractivity contribution in [1.29, 1.82) is 0 Å². The van der Waals surface area contributed by atoms with Gasteiger partial charge in [0.05, 0.1) is 6.61 Å². The van der Waals surface area contributed by atoms with Gasteiger partial charge in [-0.3, -0.25) is 9.69 Å². The highest BCUT2D eigenvalue weighted by molar-refractivity contribution is 5.81. The maximum Gasteiger partial charge on any atom is 0.253 e. The Kier molecular flexibility index (Phi) is 5.08. The molecule has 120 valence electrons. The van der Waals surface area contributed by atoms with E-state index in [-0.39, 0.29) is 18.1 Å². The smallest absolute Gasteiger partial charge is 0.253 e. The first-order chi connectivity index (χ1) is 10.7. The van der Waals surface area contributed by atoms with Crippen LogP contribution in [0.4, 0.5) is 0 Å². The SMILES string of the molecule is C[C@H]1CNCCN1C(=O)[C@@H]1CN(Cc2ccccc2)CCO1. The van der Waals surface area contributed by atoms with Crippen LogP contribution in [0.5, 0.6) is 0 Å². The Labute approximate surface area is 132 Å². The summed E-state index contributed by atoms with van der Waals surface area (Å²) in [5.74, 6) is 0.145. The Morgan fingerprint density at radius 3 is 2.91 bits per heavy atom. The summed E-state index contributed by atoms with van der Waals surface area (Å²) < 4.78 is 5.76. The molecule has 2 atom stereocenters. The van der Waals surface area contributed by atoms with Crippen molar-refractivity contribution in [2.24, 2.45) is 0 Å². The number of ether oxygens (including phenoxy) is 1. The molecule has 0 aliphatic carbocycles. The number of hydrogen-bond donors (Lipinski definition) is 1. The second-order valence-corrected chi connectivity index (χ2v) is 6.16. The highest BCUT2D eigenvalue weighted by Crippen LogP contribution is 2.14. The molecule has 3 rings (SSSR count). The number of carbonyl (C=O) groups is 1. The maximum atomic E-state index is 12.7. The van der Waals surface area contributed by atoms with Crippen molar-refractivity contribution in [2.75, 3.05) is 39.3 Å². The Balaban J connectivity index is 1.59. The molecule has 0 bridgehead atoms. The van der Waals surface area contributed by atoms with Gasteiger partial charge in [-0.05, 0) is 12.5 Å². The third kappa shape index (κ3) is 3.66. The number of morpholine rings is 1. The zero-order valence-corrected chi connectivity index (χ0v) is 13.2. The molecule has 2 aliphatic rings. The summed E-state index contributed by atoms with van der Waals surface area (Å²) in [5.41, 5.74) is 1.28. The number of carbonyl (C=O) groups excluding carboxylic acids is 1. The molecule has 1 amide bonds. The van der Waals surface area contributed by atoms with Crippen LogP contribution in [0.25, 0.3) is 0 Å². The van der Waals surface area contributed by atoms with Gasteiger partial charge in [0.15, 0.2) is 0 Å². The molecule has 0 saturated carbocycles. The summed E-state index contributed by atoms with van der Waals surface area (Å²) >= 11 is 0. The van der Waals surface area contributed by atoms with E-state index in [1.165, 1.54) is 5.56 Å². The van der Waals surface area contributed by atoms with Gasteiger partial charge in [0.2, 0.25) is 0 Å². The Hall–Kier alpha value is -1.43. The number of piperazine rings is 1. The van der Waals surface area contributed by atoms with Gasteiger partial charge in [-0.2, -0.15) is 0 Å². The van der Waals surface area contributed by atoms with Gasteiger partial charge < -0.3 is 15.0 Å². The number of hydrogen-bond acceptors (Lipinski definition) is 4. The van der Waals surface area contributed by atoms with Crippen LogP contribution in [0.15, 0.2) is 30.3 Å². The second kappa shape index (κ2) is 7.22. The van der Waals surface area contributed by atoms with Crippen LogP contribution in [0.2, 0.25) is 0 Å². The molecule has 2 saturated heterocycles. The third-order valence-corrected chi connectivity index (χ3v) is 4.46. The summed E-state index contributed by atoms with van der Waals surface area (Å²) in [6, 6.07) is 10.6. The fourth-order valence-corrected chi connectivity index (χ4v) is 3.19. The van der Waals surface area contributed by atoms with Crippen molar-refractivity contribution in [2.45, 2.75) is 25.6 Å². The molecule has 0 spiro atoms. The van der Waals surface area contributed by atoms with Crippen molar-refractivity contribution in [3.8, 4) is 0 Å². The summed E-state index contributed by atoms with van der Waals surface area (Å²) in [6.07, 6.45) is -0.321. The van der Waals surface area contributed by atoms with Crippen LogP contribution in [0, 0.1) is 0 Å². The minimum Gasteiger partial charge on any atom is -0.366 e. The minimum atomic E-state index is -0.321. The van der Waals surface area contributed by atoms with Crippen molar-refractivity contribution in [3.63, 3.8) is 0 Å². The molecule has 1 aromatic rings. The molecular weight excluding hydrogens is 278 g/mol. The predicted octanol–water partition coefficient (Wildman–Crippen LogP) is 0.708. The van der Waals surface area contributed by atoms with Gasteiger partial charge in [0.25, 0.3) is 5.91 Å². The van der Waals surface area contributed by atoms with Crippen molar-refractivity contribution < 1.29 is 9.53 Å². The van der Waals surface area contributed by atoms with E-state index in [1.807, 2.05) is 11.0 Å². The largest absolute Gasteiger partial charge is 0.366 e. The molecule has 5 heteroatoms. The lowest BCUT2D eigenvalue weighted by Gasteiger charge is -2.39. The van der Waals surface area contributed by atoms with Gasteiger partial charge in [-0.15, -0.1) is 0 Å². The molecular formula is C17H25N3O2. The zero-order valence-electron chi connectivity index (χ0n) is 13.2. The van der Waals surface area contributed by atoms with E-state index in [9.17, 15) is 4.79 Å². The number of amides is 1. The third-order valence-electron chi connectivity index (χ3n) is 4.46. The zero-order chi connectivity index (χ0) is 15.4. The topological polar surface area (TPSA) is 44.8 Å². The van der Waals surface area contributed by atoms with Gasteiger partial charge in [-0.1, -0.05) is 30.3 Å². The number of rotatable bonds is 3. The Morgan fingerprint density at radius 2 is 2.14 bits per heavy atom. The highest BCUT2D eigenvalue weighted by Gasteiger charge is 2.33. The van der Waals surface area contributed by atoms with Crippen molar-refractivity contribution in [3.05, 3.63) is 35.9 Å². The Morgan fingerprint density at radius 1 is 1.32 bits per heavy atom. The van der Waals surface area contributed by atoms with Crippen LogP contribution in [0.3, 0.4) is 0 Å². The molecule has 0 unspecified atom stereocenters. The standard InChI is InChI=1S/C17H25N3O2/c1-14-11-18-7-8-20(14)17(21)16-13-19(9-10-22-16)12-15-5-3-2-4-6-15/h2-6,14,16,18H,7-13H2,1H3/t14-,16-/m0/s1. The van der Waals surface area contributed by atoms with Gasteiger partial charge in [0, 0.05) is 45.3 Å². The number of nitrogens with zero attached hydrogens (tertiary/aromatic N) is 2. The Bertz CT molecular complexity index is 494. The predicted molar refractivity (Wildman–Crippen MR) is 85.5 cm³/mol. The molecule has 1 N–H and O–H groups in total. The van der Waals surface area contributed by atoms with E-state index in [0.29, 0.717) is 13.2 Å². The first-order valence-corrected chi connectivity index (χ1v) is 8.13. The average Bonchev–Trinajstić information content (AvgIpc) is 2.56.